The Balaban J connectivity index is 2.10. The Kier molecular flexibility index (Phi) is 4.58. The van der Waals surface area contributed by atoms with E-state index in [0.717, 1.165) is 21.3 Å². The molecular weight excluding hydrogens is 306 g/mol. The number of oxime groups is 1. The second kappa shape index (κ2) is 6.38. The van der Waals surface area contributed by atoms with E-state index >= 15 is 0 Å². The molecule has 98 valence electrons. The summed E-state index contributed by atoms with van der Waals surface area (Å²) in [6.45, 7) is 2.23. The summed E-state index contributed by atoms with van der Waals surface area (Å²) < 4.78 is 6.77. The van der Waals surface area contributed by atoms with Gasteiger partial charge in [0.15, 0.2) is 0 Å². The Hall–Kier alpha value is -1.81. The van der Waals surface area contributed by atoms with E-state index in [1.165, 1.54) is 0 Å². The van der Waals surface area contributed by atoms with Crippen molar-refractivity contribution >= 4 is 21.6 Å². The number of hydrogen-bond donors (Lipinski definition) is 1. The summed E-state index contributed by atoms with van der Waals surface area (Å²) in [5, 5.41) is 12.0. The summed E-state index contributed by atoms with van der Waals surface area (Å²) in [5.41, 5.74) is 2.49. The molecule has 0 heterocycles. The first-order chi connectivity index (χ1) is 9.20. The van der Waals surface area contributed by atoms with E-state index in [1.54, 1.807) is 6.92 Å². The second-order valence-electron chi connectivity index (χ2n) is 4.09. The average molecular weight is 320 g/mol. The van der Waals surface area contributed by atoms with Crippen molar-refractivity contribution in [3.63, 3.8) is 0 Å². The normalized spacial score (nSPS) is 11.4. The van der Waals surface area contributed by atoms with Crippen LogP contribution in [0.15, 0.2) is 58.2 Å². The van der Waals surface area contributed by atoms with Crippen LogP contribution in [-0.4, -0.2) is 10.9 Å². The van der Waals surface area contributed by atoms with Gasteiger partial charge in [-0.2, -0.15) is 0 Å². The highest BCUT2D eigenvalue weighted by molar-refractivity contribution is 9.10. The minimum Gasteiger partial charge on any atom is -0.489 e. The van der Waals surface area contributed by atoms with Gasteiger partial charge in [0.25, 0.3) is 0 Å². The molecule has 1 N–H and O–H groups in total. The van der Waals surface area contributed by atoms with Gasteiger partial charge in [-0.05, 0) is 25.1 Å². The monoisotopic (exact) mass is 319 g/mol. The Bertz CT molecular complexity index is 596. The van der Waals surface area contributed by atoms with Crippen LogP contribution in [0.5, 0.6) is 5.75 Å². The maximum absolute atomic E-state index is 8.76. The largest absolute Gasteiger partial charge is 0.489 e. The number of ether oxygens (including phenoxy) is 1. The van der Waals surface area contributed by atoms with Crippen molar-refractivity contribution in [2.24, 2.45) is 5.16 Å². The van der Waals surface area contributed by atoms with E-state index in [1.807, 2.05) is 48.5 Å². The first kappa shape index (κ1) is 13.6. The van der Waals surface area contributed by atoms with Gasteiger partial charge in [0.1, 0.15) is 12.4 Å². The van der Waals surface area contributed by atoms with Gasteiger partial charge < -0.3 is 9.94 Å². The Morgan fingerprint density at radius 1 is 1.21 bits per heavy atom. The summed E-state index contributed by atoms with van der Waals surface area (Å²) in [7, 11) is 0. The van der Waals surface area contributed by atoms with E-state index in [0.29, 0.717) is 12.3 Å². The quantitative estimate of drug-likeness (QED) is 0.520. The average Bonchev–Trinajstić information content (AvgIpc) is 2.46. The Morgan fingerprint density at radius 3 is 2.74 bits per heavy atom. The van der Waals surface area contributed by atoms with Crippen LogP contribution in [0, 0.1) is 0 Å². The smallest absolute Gasteiger partial charge is 0.120 e. The molecule has 0 saturated carbocycles. The zero-order valence-corrected chi connectivity index (χ0v) is 12.1. The maximum Gasteiger partial charge on any atom is 0.120 e. The van der Waals surface area contributed by atoms with E-state index < -0.39 is 0 Å². The third-order valence-electron chi connectivity index (χ3n) is 2.75. The van der Waals surface area contributed by atoms with Gasteiger partial charge in [-0.3, -0.25) is 0 Å². The Morgan fingerprint density at radius 2 is 2.00 bits per heavy atom. The second-order valence-corrected chi connectivity index (χ2v) is 4.95. The van der Waals surface area contributed by atoms with Crippen LogP contribution in [0.4, 0.5) is 0 Å². The number of nitrogens with zero attached hydrogens (tertiary/aromatic N) is 1. The lowest BCUT2D eigenvalue weighted by atomic mass is 10.1. The van der Waals surface area contributed by atoms with Crippen molar-refractivity contribution in [2.75, 3.05) is 0 Å². The summed E-state index contributed by atoms with van der Waals surface area (Å²) in [5.74, 6) is 0.747. The molecule has 0 aliphatic heterocycles. The molecule has 4 heteroatoms. The van der Waals surface area contributed by atoms with Crippen molar-refractivity contribution in [3.05, 3.63) is 64.1 Å². The van der Waals surface area contributed by atoms with Gasteiger partial charge >= 0.3 is 0 Å². The van der Waals surface area contributed by atoms with Crippen LogP contribution >= 0.6 is 15.9 Å². The molecule has 0 aromatic heterocycles. The third kappa shape index (κ3) is 3.58. The van der Waals surface area contributed by atoms with Gasteiger partial charge in [-0.1, -0.05) is 51.4 Å². The van der Waals surface area contributed by atoms with E-state index in [9.17, 15) is 0 Å². The van der Waals surface area contributed by atoms with Gasteiger partial charge in [-0.15, -0.1) is 0 Å². The third-order valence-corrected chi connectivity index (χ3v) is 3.53. The minimum atomic E-state index is 0.486. The molecule has 0 unspecified atom stereocenters. The number of rotatable bonds is 4. The van der Waals surface area contributed by atoms with Gasteiger partial charge in [-0.25, -0.2) is 0 Å². The zero-order valence-electron chi connectivity index (χ0n) is 10.5. The minimum absolute atomic E-state index is 0.486. The topological polar surface area (TPSA) is 41.8 Å². The van der Waals surface area contributed by atoms with Crippen molar-refractivity contribution in [1.29, 1.82) is 0 Å². The summed E-state index contributed by atoms with van der Waals surface area (Å²) in [4.78, 5) is 0. The van der Waals surface area contributed by atoms with Crippen LogP contribution in [0.25, 0.3) is 0 Å². The summed E-state index contributed by atoms with van der Waals surface area (Å²) in [6, 6.07) is 15.4. The highest BCUT2D eigenvalue weighted by atomic mass is 79.9. The molecular formula is C15H14BrNO2. The highest BCUT2D eigenvalue weighted by Gasteiger charge is 2.02. The highest BCUT2D eigenvalue weighted by Crippen LogP contribution is 2.20. The molecule has 0 spiro atoms. The molecule has 2 aromatic rings. The molecule has 0 radical (unpaired) electrons. The maximum atomic E-state index is 8.76. The first-order valence-corrected chi connectivity index (χ1v) is 6.65. The SMILES string of the molecule is C/C(=N\O)c1cccc(OCc2ccccc2Br)c1. The molecule has 0 atom stereocenters. The fourth-order valence-electron chi connectivity index (χ4n) is 1.65. The van der Waals surface area contributed by atoms with Crippen molar-refractivity contribution < 1.29 is 9.94 Å². The summed E-state index contributed by atoms with van der Waals surface area (Å²) in [6.07, 6.45) is 0. The van der Waals surface area contributed by atoms with Crippen molar-refractivity contribution in [2.45, 2.75) is 13.5 Å². The lowest BCUT2D eigenvalue weighted by Gasteiger charge is -2.09. The molecule has 2 aromatic carbocycles. The van der Waals surface area contributed by atoms with E-state index in [4.69, 9.17) is 9.94 Å². The number of halogens is 1. The molecule has 19 heavy (non-hydrogen) atoms. The molecule has 0 saturated heterocycles. The van der Waals surface area contributed by atoms with Gasteiger partial charge in [0.2, 0.25) is 0 Å². The fourth-order valence-corrected chi connectivity index (χ4v) is 2.04. The van der Waals surface area contributed by atoms with Crippen LogP contribution in [-0.2, 0) is 6.61 Å². The van der Waals surface area contributed by atoms with Gasteiger partial charge in [0, 0.05) is 15.6 Å². The molecule has 0 aliphatic rings. The first-order valence-electron chi connectivity index (χ1n) is 5.86. The molecule has 0 aliphatic carbocycles. The lowest BCUT2D eigenvalue weighted by Crippen LogP contribution is -1.99. The van der Waals surface area contributed by atoms with Crippen LogP contribution in [0.2, 0.25) is 0 Å². The standard InChI is InChI=1S/C15H14BrNO2/c1-11(17-18)12-6-4-7-14(9-12)19-10-13-5-2-3-8-15(13)16/h2-9,18H,10H2,1H3/b17-11+. The van der Waals surface area contributed by atoms with Crippen LogP contribution < -0.4 is 4.74 Å². The predicted octanol–water partition coefficient (Wildman–Crippen LogP) is 4.23. The molecule has 0 bridgehead atoms. The zero-order chi connectivity index (χ0) is 13.7. The molecule has 3 nitrogen and oxygen atoms in total. The molecule has 0 amide bonds. The Labute approximate surface area is 120 Å². The summed E-state index contributed by atoms with van der Waals surface area (Å²) >= 11 is 3.49. The lowest BCUT2D eigenvalue weighted by molar-refractivity contribution is 0.305. The van der Waals surface area contributed by atoms with Crippen LogP contribution in [0.1, 0.15) is 18.1 Å². The number of hydrogen-bond acceptors (Lipinski definition) is 3. The van der Waals surface area contributed by atoms with Crippen molar-refractivity contribution in [1.82, 2.24) is 0 Å². The molecule has 0 fully saturated rings. The fraction of sp³-hybridized carbons (Fsp3) is 0.133. The van der Waals surface area contributed by atoms with Crippen molar-refractivity contribution in [3.8, 4) is 5.75 Å². The van der Waals surface area contributed by atoms with Gasteiger partial charge in [0.05, 0.1) is 5.71 Å². The van der Waals surface area contributed by atoms with Crippen LogP contribution in [0.3, 0.4) is 0 Å². The van der Waals surface area contributed by atoms with E-state index in [-0.39, 0.29) is 0 Å². The van der Waals surface area contributed by atoms with E-state index in [2.05, 4.69) is 21.1 Å². The molecule has 2 rings (SSSR count). The predicted molar refractivity (Wildman–Crippen MR) is 78.9 cm³/mol. The number of benzene rings is 2.